The van der Waals surface area contributed by atoms with Gasteiger partial charge in [-0.2, -0.15) is 0 Å². The van der Waals surface area contributed by atoms with Crippen molar-refractivity contribution in [3.8, 4) is 0 Å². The zero-order valence-corrected chi connectivity index (χ0v) is 10.1. The molecule has 1 amide bonds. The monoisotopic (exact) mass is 225 g/mol. The van der Waals surface area contributed by atoms with Crippen molar-refractivity contribution in [2.45, 2.75) is 25.8 Å². The minimum Gasteiger partial charge on any atom is -0.366 e. The molecular formula is C11H19N3O2. The van der Waals surface area contributed by atoms with Gasteiger partial charge in [0.2, 0.25) is 5.91 Å². The maximum Gasteiger partial charge on any atom is 0.244 e. The molecule has 0 aromatic heterocycles. The highest BCUT2D eigenvalue weighted by molar-refractivity contribution is 6.02. The van der Waals surface area contributed by atoms with Gasteiger partial charge in [-0.25, -0.2) is 10.0 Å². The van der Waals surface area contributed by atoms with Gasteiger partial charge in [0.25, 0.3) is 0 Å². The van der Waals surface area contributed by atoms with Crippen LogP contribution in [0.4, 0.5) is 0 Å². The topological polar surface area (TPSA) is 66.6 Å². The summed E-state index contributed by atoms with van der Waals surface area (Å²) < 4.78 is 0. The smallest absolute Gasteiger partial charge is 0.244 e. The lowest BCUT2D eigenvalue weighted by Gasteiger charge is -2.28. The van der Waals surface area contributed by atoms with Crippen molar-refractivity contribution in [3.63, 3.8) is 0 Å². The molecule has 0 spiro atoms. The van der Waals surface area contributed by atoms with E-state index in [1.165, 1.54) is 6.08 Å². The first-order chi connectivity index (χ1) is 7.43. The fraction of sp³-hybridized carbons (Fsp3) is 0.636. The number of ketones is 1. The van der Waals surface area contributed by atoms with Crippen molar-refractivity contribution in [3.05, 3.63) is 11.6 Å². The summed E-state index contributed by atoms with van der Waals surface area (Å²) in [5.74, 6) is -0.578. The summed E-state index contributed by atoms with van der Waals surface area (Å²) in [4.78, 5) is 22.8. The molecule has 16 heavy (non-hydrogen) atoms. The van der Waals surface area contributed by atoms with Crippen LogP contribution in [0.2, 0.25) is 0 Å². The molecule has 1 atom stereocenters. The van der Waals surface area contributed by atoms with Gasteiger partial charge in [-0.1, -0.05) is 0 Å². The van der Waals surface area contributed by atoms with Crippen LogP contribution in [0.5, 0.6) is 0 Å². The van der Waals surface area contributed by atoms with Crippen molar-refractivity contribution in [1.29, 1.82) is 0 Å². The molecule has 90 valence electrons. The highest BCUT2D eigenvalue weighted by Crippen LogP contribution is 2.19. The predicted molar refractivity (Wildman–Crippen MR) is 61.4 cm³/mol. The van der Waals surface area contributed by atoms with E-state index in [4.69, 9.17) is 5.73 Å². The van der Waals surface area contributed by atoms with Crippen LogP contribution < -0.4 is 5.73 Å². The minimum absolute atomic E-state index is 0.0394. The van der Waals surface area contributed by atoms with Crippen LogP contribution >= 0.6 is 0 Å². The van der Waals surface area contributed by atoms with Crippen molar-refractivity contribution in [2.75, 3.05) is 20.6 Å². The number of hydrogen-bond donors (Lipinski definition) is 1. The van der Waals surface area contributed by atoms with Gasteiger partial charge in [0, 0.05) is 26.2 Å². The summed E-state index contributed by atoms with van der Waals surface area (Å²) in [6, 6.07) is -0.149. The first-order valence-corrected chi connectivity index (χ1v) is 5.39. The summed E-state index contributed by atoms with van der Waals surface area (Å²) >= 11 is 0. The van der Waals surface area contributed by atoms with Crippen LogP contribution in [0, 0.1) is 0 Å². The van der Waals surface area contributed by atoms with Gasteiger partial charge >= 0.3 is 0 Å². The normalized spacial score (nSPS) is 22.8. The second-order valence-electron chi connectivity index (χ2n) is 4.26. The van der Waals surface area contributed by atoms with Crippen LogP contribution in [0.1, 0.15) is 19.8 Å². The Balaban J connectivity index is 2.74. The Labute approximate surface area is 95.8 Å². The van der Waals surface area contributed by atoms with Gasteiger partial charge < -0.3 is 5.73 Å². The Kier molecular flexibility index (Phi) is 4.20. The van der Waals surface area contributed by atoms with E-state index >= 15 is 0 Å². The molecule has 0 radical (unpaired) electrons. The number of rotatable bonds is 4. The van der Waals surface area contributed by atoms with Crippen molar-refractivity contribution in [1.82, 2.24) is 10.0 Å². The van der Waals surface area contributed by atoms with E-state index in [1.54, 1.807) is 6.92 Å². The molecule has 0 aromatic carbocycles. The van der Waals surface area contributed by atoms with Crippen molar-refractivity contribution < 1.29 is 9.59 Å². The number of primary amides is 1. The number of nitrogens with zero attached hydrogens (tertiary/aromatic N) is 2. The molecule has 5 nitrogen and oxygen atoms in total. The Morgan fingerprint density at radius 2 is 2.06 bits per heavy atom. The van der Waals surface area contributed by atoms with Gasteiger partial charge in [0.05, 0.1) is 6.04 Å². The lowest BCUT2D eigenvalue weighted by molar-refractivity contribution is -0.124. The highest BCUT2D eigenvalue weighted by Gasteiger charge is 2.30. The Hall–Kier alpha value is -1.20. The highest BCUT2D eigenvalue weighted by atomic mass is 16.1. The molecule has 1 heterocycles. The summed E-state index contributed by atoms with van der Waals surface area (Å²) in [5.41, 5.74) is 5.41. The fourth-order valence-electron chi connectivity index (χ4n) is 1.90. The first kappa shape index (κ1) is 12.9. The van der Waals surface area contributed by atoms with E-state index in [-0.39, 0.29) is 11.8 Å². The van der Waals surface area contributed by atoms with E-state index in [2.05, 4.69) is 0 Å². The molecule has 1 aliphatic heterocycles. The lowest BCUT2D eigenvalue weighted by Crippen LogP contribution is -2.44. The van der Waals surface area contributed by atoms with Crippen molar-refractivity contribution >= 4 is 11.7 Å². The summed E-state index contributed by atoms with van der Waals surface area (Å²) in [6.07, 6.45) is 3.19. The van der Waals surface area contributed by atoms with E-state index < -0.39 is 5.91 Å². The molecule has 1 fully saturated rings. The van der Waals surface area contributed by atoms with E-state index in [0.717, 1.165) is 19.4 Å². The molecule has 1 aliphatic rings. The lowest BCUT2D eigenvalue weighted by atomic mass is 10.1. The predicted octanol–water partition coefficient (Wildman–Crippen LogP) is -0.0719. The number of carbonyl (C=O) groups excluding carboxylic acids is 2. The Morgan fingerprint density at radius 1 is 1.44 bits per heavy atom. The Morgan fingerprint density at radius 3 is 2.56 bits per heavy atom. The second-order valence-corrected chi connectivity index (χ2v) is 4.26. The molecule has 1 rings (SSSR count). The van der Waals surface area contributed by atoms with Crippen LogP contribution in [0.25, 0.3) is 0 Å². The van der Waals surface area contributed by atoms with E-state index in [9.17, 15) is 9.59 Å². The quantitative estimate of drug-likeness (QED) is 0.680. The Bertz CT molecular complexity index is 323. The molecule has 0 bridgehead atoms. The van der Waals surface area contributed by atoms with Crippen molar-refractivity contribution in [2.24, 2.45) is 5.73 Å². The third-order valence-electron chi connectivity index (χ3n) is 2.81. The summed E-state index contributed by atoms with van der Waals surface area (Å²) in [5, 5.41) is 3.93. The van der Waals surface area contributed by atoms with Gasteiger partial charge in [-0.05, 0) is 25.8 Å². The SMILES string of the molecule is CC(=CC(=O)[C@@H]1CCCN1N(C)C)C(N)=O. The molecule has 0 saturated carbocycles. The molecule has 0 aliphatic carbocycles. The molecular weight excluding hydrogens is 206 g/mol. The number of hydrogen-bond acceptors (Lipinski definition) is 4. The maximum absolute atomic E-state index is 11.9. The van der Waals surface area contributed by atoms with E-state index in [0.29, 0.717) is 5.57 Å². The van der Waals surface area contributed by atoms with Gasteiger partial charge in [0.1, 0.15) is 0 Å². The second kappa shape index (κ2) is 5.23. The third kappa shape index (κ3) is 2.90. The van der Waals surface area contributed by atoms with Crippen LogP contribution in [-0.2, 0) is 9.59 Å². The number of amides is 1. The van der Waals surface area contributed by atoms with E-state index in [1.807, 2.05) is 24.1 Å². The molecule has 5 heteroatoms. The van der Waals surface area contributed by atoms with Gasteiger partial charge in [-0.15, -0.1) is 0 Å². The van der Waals surface area contributed by atoms with Crippen LogP contribution in [0.3, 0.4) is 0 Å². The zero-order chi connectivity index (χ0) is 12.3. The zero-order valence-electron chi connectivity index (χ0n) is 10.1. The summed E-state index contributed by atoms with van der Waals surface area (Å²) in [6.45, 7) is 2.45. The van der Waals surface area contributed by atoms with Crippen LogP contribution in [-0.4, -0.2) is 48.4 Å². The average molecular weight is 225 g/mol. The van der Waals surface area contributed by atoms with Crippen LogP contribution in [0.15, 0.2) is 11.6 Å². The minimum atomic E-state index is -0.539. The van der Waals surface area contributed by atoms with Gasteiger partial charge in [-0.3, -0.25) is 9.59 Å². The fourth-order valence-corrected chi connectivity index (χ4v) is 1.90. The maximum atomic E-state index is 11.9. The molecule has 1 saturated heterocycles. The first-order valence-electron chi connectivity index (χ1n) is 5.39. The number of carbonyl (C=O) groups is 2. The summed E-state index contributed by atoms with van der Waals surface area (Å²) in [7, 11) is 3.83. The number of nitrogens with two attached hydrogens (primary N) is 1. The molecule has 0 aromatic rings. The largest absolute Gasteiger partial charge is 0.366 e. The standard InChI is InChI=1S/C11H19N3O2/c1-8(11(12)16)7-10(15)9-5-4-6-14(9)13(2)3/h7,9H,4-6H2,1-3H3,(H2,12,16)/t9-/m0/s1. The molecule has 2 N–H and O–H groups in total. The third-order valence-corrected chi connectivity index (χ3v) is 2.81. The van der Waals surface area contributed by atoms with Gasteiger partial charge in [0.15, 0.2) is 5.78 Å². The number of hydrazine groups is 1. The molecule has 0 unspecified atom stereocenters. The average Bonchev–Trinajstić information content (AvgIpc) is 2.65.